The van der Waals surface area contributed by atoms with E-state index in [-0.39, 0.29) is 11.2 Å². The third-order valence-corrected chi connectivity index (χ3v) is 6.65. The Labute approximate surface area is 200 Å². The Morgan fingerprint density at radius 2 is 1.88 bits per heavy atom. The van der Waals surface area contributed by atoms with Crippen molar-refractivity contribution in [1.29, 1.82) is 0 Å². The van der Waals surface area contributed by atoms with Gasteiger partial charge in [-0.05, 0) is 43.2 Å². The summed E-state index contributed by atoms with van der Waals surface area (Å²) >= 11 is 4.87. The van der Waals surface area contributed by atoms with Crippen LogP contribution in [0.2, 0.25) is 0 Å². The number of aryl methyl sites for hydroxylation is 1. The minimum absolute atomic E-state index is 0.0277. The van der Waals surface area contributed by atoms with Gasteiger partial charge in [0.15, 0.2) is 5.17 Å². The summed E-state index contributed by atoms with van der Waals surface area (Å²) in [5, 5.41) is 8.84. The molecule has 0 unspecified atom stereocenters. The quantitative estimate of drug-likeness (QED) is 0.221. The second kappa shape index (κ2) is 10.1. The van der Waals surface area contributed by atoms with E-state index in [1.807, 2.05) is 36.4 Å². The highest BCUT2D eigenvalue weighted by molar-refractivity contribution is 9.10. The van der Waals surface area contributed by atoms with Gasteiger partial charge in [0, 0.05) is 16.6 Å². The first-order chi connectivity index (χ1) is 15.5. The molecule has 1 aromatic heterocycles. The zero-order valence-corrected chi connectivity index (χ0v) is 20.0. The molecule has 7 heteroatoms. The fourth-order valence-electron chi connectivity index (χ4n) is 3.28. The smallest absolute Gasteiger partial charge is 0.242 e. The second-order valence-electron chi connectivity index (χ2n) is 7.37. The number of hydrogen-bond donors (Lipinski definition) is 0. The Hall–Kier alpha value is -2.90. The van der Waals surface area contributed by atoms with Crippen LogP contribution in [0.15, 0.2) is 92.4 Å². The molecule has 5 nitrogen and oxygen atoms in total. The molecule has 1 fully saturated rings. The first-order valence-corrected chi connectivity index (χ1v) is 11.8. The molecule has 32 heavy (non-hydrogen) atoms. The molecule has 3 aromatic rings. The van der Waals surface area contributed by atoms with E-state index < -0.39 is 0 Å². The van der Waals surface area contributed by atoms with Crippen LogP contribution in [0, 0.1) is 6.92 Å². The van der Waals surface area contributed by atoms with Crippen LogP contribution in [0.5, 0.6) is 0 Å². The molecule has 1 aliphatic rings. The summed E-state index contributed by atoms with van der Waals surface area (Å²) in [7, 11) is 0. The van der Waals surface area contributed by atoms with Crippen molar-refractivity contribution in [3.8, 4) is 11.3 Å². The molecular formula is C25H22BrN3O2S. The van der Waals surface area contributed by atoms with E-state index in [1.54, 1.807) is 17.2 Å². The number of thioether (sulfide) groups is 1. The van der Waals surface area contributed by atoms with Crippen molar-refractivity contribution in [1.82, 2.24) is 4.90 Å². The number of carbonyl (C=O) groups is 1. The van der Waals surface area contributed by atoms with Crippen molar-refractivity contribution in [2.45, 2.75) is 18.6 Å². The van der Waals surface area contributed by atoms with Gasteiger partial charge in [-0.15, -0.1) is 11.7 Å². The highest BCUT2D eigenvalue weighted by Crippen LogP contribution is 2.30. The van der Waals surface area contributed by atoms with Crippen LogP contribution in [0.3, 0.4) is 0 Å². The Morgan fingerprint density at radius 3 is 2.59 bits per heavy atom. The molecule has 2 heterocycles. The number of carbonyl (C=O) groups excluding carboxylic acids is 1. The SMILES string of the molecule is C=CCN1C(=O)[C@H](Cc2ccc(C)cc2)S/C1=N\N=C/c1ccc(-c2ccc(Br)cc2)o1. The summed E-state index contributed by atoms with van der Waals surface area (Å²) in [5.41, 5.74) is 3.30. The predicted molar refractivity (Wildman–Crippen MR) is 135 cm³/mol. The van der Waals surface area contributed by atoms with Gasteiger partial charge in [0.05, 0.1) is 11.5 Å². The van der Waals surface area contributed by atoms with Gasteiger partial charge in [-0.2, -0.15) is 5.10 Å². The standard InChI is InChI=1S/C25H22BrN3O2S/c1-3-14-29-24(30)23(15-18-6-4-17(2)5-7-18)32-25(29)28-27-16-21-12-13-22(31-21)19-8-10-20(26)11-9-19/h3-13,16,23H,1,14-15H2,2H3/b27-16-,28-25-/t23-/m0/s1. The number of hydrogen-bond acceptors (Lipinski definition) is 5. The van der Waals surface area contributed by atoms with E-state index in [1.165, 1.54) is 17.3 Å². The Balaban J connectivity index is 1.47. The molecule has 0 spiro atoms. The summed E-state index contributed by atoms with van der Waals surface area (Å²) in [6.45, 7) is 6.21. The number of rotatable bonds is 7. The van der Waals surface area contributed by atoms with E-state index in [4.69, 9.17) is 4.42 Å². The van der Waals surface area contributed by atoms with E-state index in [9.17, 15) is 4.79 Å². The number of furan rings is 1. The van der Waals surface area contributed by atoms with Crippen molar-refractivity contribution in [2.75, 3.05) is 6.54 Å². The lowest BCUT2D eigenvalue weighted by Crippen LogP contribution is -2.32. The van der Waals surface area contributed by atoms with E-state index in [2.05, 4.69) is 63.9 Å². The lowest BCUT2D eigenvalue weighted by molar-refractivity contribution is -0.125. The first-order valence-electron chi connectivity index (χ1n) is 10.1. The topological polar surface area (TPSA) is 58.2 Å². The van der Waals surface area contributed by atoms with E-state index in [0.717, 1.165) is 21.4 Å². The van der Waals surface area contributed by atoms with Crippen LogP contribution in [-0.4, -0.2) is 34.0 Å². The molecule has 0 N–H and O–H groups in total. The number of amides is 1. The highest BCUT2D eigenvalue weighted by atomic mass is 79.9. The summed E-state index contributed by atoms with van der Waals surface area (Å²) in [6.07, 6.45) is 3.90. The maximum atomic E-state index is 12.9. The van der Waals surface area contributed by atoms with Gasteiger partial charge in [-0.1, -0.05) is 75.7 Å². The third-order valence-electron chi connectivity index (χ3n) is 4.96. The average Bonchev–Trinajstić information content (AvgIpc) is 3.37. The minimum atomic E-state index is -0.223. The minimum Gasteiger partial charge on any atom is -0.455 e. The Morgan fingerprint density at radius 1 is 1.12 bits per heavy atom. The maximum absolute atomic E-state index is 12.9. The molecule has 0 aliphatic carbocycles. The van der Waals surface area contributed by atoms with Gasteiger partial charge in [-0.3, -0.25) is 9.69 Å². The molecule has 0 radical (unpaired) electrons. The molecule has 1 saturated heterocycles. The summed E-state index contributed by atoms with van der Waals surface area (Å²) < 4.78 is 6.85. The van der Waals surface area contributed by atoms with Crippen molar-refractivity contribution in [3.63, 3.8) is 0 Å². The normalized spacial score (nSPS) is 17.6. The van der Waals surface area contributed by atoms with E-state index >= 15 is 0 Å². The van der Waals surface area contributed by atoms with Crippen LogP contribution in [0.25, 0.3) is 11.3 Å². The van der Waals surface area contributed by atoms with E-state index in [0.29, 0.717) is 23.9 Å². The van der Waals surface area contributed by atoms with Crippen molar-refractivity contribution in [2.24, 2.45) is 10.2 Å². The van der Waals surface area contributed by atoms with Gasteiger partial charge in [0.2, 0.25) is 5.91 Å². The number of amidine groups is 1. The van der Waals surface area contributed by atoms with Gasteiger partial charge in [-0.25, -0.2) is 0 Å². The molecular weight excluding hydrogens is 486 g/mol. The number of nitrogens with zero attached hydrogens (tertiary/aromatic N) is 3. The molecule has 4 rings (SSSR count). The number of benzene rings is 2. The first kappa shape index (κ1) is 22.3. The molecule has 162 valence electrons. The molecule has 1 amide bonds. The summed E-state index contributed by atoms with van der Waals surface area (Å²) in [5.74, 6) is 1.37. The predicted octanol–water partition coefficient (Wildman–Crippen LogP) is 6.08. The van der Waals surface area contributed by atoms with Crippen LogP contribution >= 0.6 is 27.7 Å². The van der Waals surface area contributed by atoms with Gasteiger partial charge in [0.25, 0.3) is 0 Å². The molecule has 2 aromatic carbocycles. The van der Waals surface area contributed by atoms with Crippen LogP contribution in [0.1, 0.15) is 16.9 Å². The summed E-state index contributed by atoms with van der Waals surface area (Å²) in [6, 6.07) is 19.9. The maximum Gasteiger partial charge on any atom is 0.242 e. The fourth-order valence-corrected chi connectivity index (χ4v) is 4.69. The van der Waals surface area contributed by atoms with Crippen molar-refractivity contribution < 1.29 is 9.21 Å². The fraction of sp³-hybridized carbons (Fsp3) is 0.160. The molecule has 1 aliphatic heterocycles. The van der Waals surface area contributed by atoms with Crippen molar-refractivity contribution in [3.05, 3.63) is 94.7 Å². The lowest BCUT2D eigenvalue weighted by Gasteiger charge is -2.12. The monoisotopic (exact) mass is 507 g/mol. The Bertz CT molecular complexity index is 1170. The zero-order chi connectivity index (χ0) is 22.5. The van der Waals surface area contributed by atoms with Crippen LogP contribution < -0.4 is 0 Å². The zero-order valence-electron chi connectivity index (χ0n) is 17.6. The highest BCUT2D eigenvalue weighted by Gasteiger charge is 2.37. The van der Waals surface area contributed by atoms with Gasteiger partial charge >= 0.3 is 0 Å². The van der Waals surface area contributed by atoms with Crippen molar-refractivity contribution >= 4 is 45.0 Å². The third kappa shape index (κ3) is 5.29. The lowest BCUT2D eigenvalue weighted by atomic mass is 10.1. The summed E-state index contributed by atoms with van der Waals surface area (Å²) in [4.78, 5) is 14.5. The molecule has 0 bridgehead atoms. The van der Waals surface area contributed by atoms with Gasteiger partial charge in [0.1, 0.15) is 11.5 Å². The van der Waals surface area contributed by atoms with Crippen LogP contribution in [0.4, 0.5) is 0 Å². The number of halogens is 1. The largest absolute Gasteiger partial charge is 0.455 e. The van der Waals surface area contributed by atoms with Gasteiger partial charge < -0.3 is 4.42 Å². The molecule has 0 saturated carbocycles. The van der Waals surface area contributed by atoms with Crippen LogP contribution in [-0.2, 0) is 11.2 Å². The average molecular weight is 508 g/mol. The second-order valence-corrected chi connectivity index (χ2v) is 9.46. The molecule has 1 atom stereocenters. The Kier molecular flexibility index (Phi) is 7.07.